The topological polar surface area (TPSA) is 58.6 Å². The third-order valence-corrected chi connectivity index (χ3v) is 4.56. The van der Waals surface area contributed by atoms with Gasteiger partial charge in [-0.15, -0.1) is 0 Å². The van der Waals surface area contributed by atoms with E-state index in [1.807, 2.05) is 6.07 Å². The molecule has 1 saturated carbocycles. The van der Waals surface area contributed by atoms with Crippen LogP contribution in [-0.2, 0) is 16.5 Å². The fraction of sp³-hybridized carbons (Fsp3) is 0.500. The molecule has 3 rings (SSSR count). The van der Waals surface area contributed by atoms with Crippen LogP contribution in [0.5, 0.6) is 11.5 Å². The molecule has 1 atom stereocenters. The Bertz CT molecular complexity index is 499. The van der Waals surface area contributed by atoms with Crippen molar-refractivity contribution in [2.75, 3.05) is 13.7 Å². The van der Waals surface area contributed by atoms with Gasteiger partial charge in [0.15, 0.2) is 0 Å². The van der Waals surface area contributed by atoms with Crippen molar-refractivity contribution in [1.29, 1.82) is 0 Å². The van der Waals surface area contributed by atoms with Gasteiger partial charge in [-0.2, -0.15) is 0 Å². The van der Waals surface area contributed by atoms with Gasteiger partial charge in [0.1, 0.15) is 16.4 Å². The summed E-state index contributed by atoms with van der Waals surface area (Å²) in [5, 5.41) is 0. The first-order chi connectivity index (χ1) is 8.18. The SMILES string of the molecule is COc1ccc2c(c1S(=O)[O-])OCC21CCC1.[Li+]. The molecule has 92 valence electrons. The van der Waals surface area contributed by atoms with E-state index in [0.29, 0.717) is 18.1 Å². The second-order valence-corrected chi connectivity index (χ2v) is 5.51. The Balaban J connectivity index is 0.00000120. The van der Waals surface area contributed by atoms with Gasteiger partial charge >= 0.3 is 18.9 Å². The van der Waals surface area contributed by atoms with E-state index in [4.69, 9.17) is 9.47 Å². The molecule has 0 aromatic heterocycles. The number of fused-ring (bicyclic) bond motifs is 2. The van der Waals surface area contributed by atoms with Crippen molar-refractivity contribution in [2.24, 2.45) is 0 Å². The molecule has 1 spiro atoms. The monoisotopic (exact) mass is 260 g/mol. The van der Waals surface area contributed by atoms with Crippen LogP contribution in [0.3, 0.4) is 0 Å². The molecule has 2 aliphatic rings. The van der Waals surface area contributed by atoms with Gasteiger partial charge < -0.3 is 14.0 Å². The molecule has 4 nitrogen and oxygen atoms in total. The van der Waals surface area contributed by atoms with E-state index >= 15 is 0 Å². The zero-order valence-electron chi connectivity index (χ0n) is 10.5. The molecule has 1 fully saturated rings. The average Bonchev–Trinajstić information content (AvgIpc) is 2.66. The van der Waals surface area contributed by atoms with E-state index in [0.717, 1.165) is 18.4 Å². The van der Waals surface area contributed by atoms with E-state index in [-0.39, 0.29) is 29.2 Å². The van der Waals surface area contributed by atoms with Crippen LogP contribution in [-0.4, -0.2) is 22.5 Å². The number of rotatable bonds is 2. The van der Waals surface area contributed by atoms with Gasteiger partial charge in [-0.05, 0) is 30.0 Å². The summed E-state index contributed by atoms with van der Waals surface area (Å²) in [6.45, 7) is 0.597. The van der Waals surface area contributed by atoms with Gasteiger partial charge in [-0.3, -0.25) is 4.21 Å². The van der Waals surface area contributed by atoms with E-state index < -0.39 is 11.1 Å². The number of hydrogen-bond acceptors (Lipinski definition) is 4. The summed E-state index contributed by atoms with van der Waals surface area (Å²) < 4.78 is 33.3. The third kappa shape index (κ3) is 1.81. The summed E-state index contributed by atoms with van der Waals surface area (Å²) in [7, 11) is 1.46. The van der Waals surface area contributed by atoms with Crippen LogP contribution in [0.4, 0.5) is 0 Å². The van der Waals surface area contributed by atoms with Crippen molar-refractivity contribution in [3.05, 3.63) is 17.7 Å². The molecule has 1 aromatic rings. The summed E-state index contributed by atoms with van der Waals surface area (Å²) in [5.41, 5.74) is 1.10. The van der Waals surface area contributed by atoms with Gasteiger partial charge in [0.2, 0.25) is 0 Å². The molecule has 0 bridgehead atoms. The molecule has 1 aliphatic carbocycles. The van der Waals surface area contributed by atoms with E-state index in [2.05, 4.69) is 0 Å². The van der Waals surface area contributed by atoms with Crippen molar-refractivity contribution >= 4 is 11.1 Å². The Morgan fingerprint density at radius 3 is 2.67 bits per heavy atom. The number of hydrogen-bond donors (Lipinski definition) is 0. The number of methoxy groups -OCH3 is 1. The van der Waals surface area contributed by atoms with Gasteiger partial charge in [-0.1, -0.05) is 12.5 Å². The number of ether oxygens (including phenoxy) is 2. The Morgan fingerprint density at radius 1 is 1.44 bits per heavy atom. The van der Waals surface area contributed by atoms with Crippen LogP contribution in [0.1, 0.15) is 24.8 Å². The van der Waals surface area contributed by atoms with Crippen molar-refractivity contribution in [3.63, 3.8) is 0 Å². The first kappa shape index (κ1) is 13.9. The molecule has 0 radical (unpaired) electrons. The molecule has 0 saturated heterocycles. The molecule has 0 amide bonds. The zero-order chi connectivity index (χ0) is 12.0. The van der Waals surface area contributed by atoms with Crippen LogP contribution < -0.4 is 28.3 Å². The van der Waals surface area contributed by atoms with E-state index in [1.54, 1.807) is 6.07 Å². The summed E-state index contributed by atoms with van der Waals surface area (Å²) in [6.07, 6.45) is 3.35. The average molecular weight is 260 g/mol. The third-order valence-electron chi connectivity index (χ3n) is 3.84. The van der Waals surface area contributed by atoms with Gasteiger partial charge in [0.05, 0.1) is 13.7 Å². The Hall–Kier alpha value is -0.473. The maximum absolute atomic E-state index is 11.3. The van der Waals surface area contributed by atoms with Gasteiger partial charge in [-0.25, -0.2) is 0 Å². The Labute approximate surface area is 121 Å². The fourth-order valence-electron chi connectivity index (χ4n) is 2.73. The molecule has 1 aliphatic heterocycles. The minimum atomic E-state index is -2.33. The second kappa shape index (κ2) is 4.90. The maximum Gasteiger partial charge on any atom is 1.00 e. The molecule has 1 unspecified atom stereocenters. The first-order valence-electron chi connectivity index (χ1n) is 5.61. The molecule has 6 heteroatoms. The quantitative estimate of drug-likeness (QED) is 0.492. The molecule has 1 heterocycles. The minimum absolute atomic E-state index is 0. The Morgan fingerprint density at radius 2 is 2.17 bits per heavy atom. The largest absolute Gasteiger partial charge is 1.00 e. The van der Waals surface area contributed by atoms with Crippen molar-refractivity contribution in [2.45, 2.75) is 29.6 Å². The summed E-state index contributed by atoms with van der Waals surface area (Å²) in [4.78, 5) is 0.161. The fourth-order valence-corrected chi connectivity index (χ4v) is 3.37. The summed E-state index contributed by atoms with van der Waals surface area (Å²) in [5.74, 6) is 0.853. The van der Waals surface area contributed by atoms with Crippen LogP contribution in [0.25, 0.3) is 0 Å². The predicted octanol–water partition coefficient (Wildman–Crippen LogP) is -1.25. The summed E-state index contributed by atoms with van der Waals surface area (Å²) in [6, 6.07) is 3.66. The van der Waals surface area contributed by atoms with Crippen molar-refractivity contribution < 1.29 is 37.1 Å². The van der Waals surface area contributed by atoms with Crippen LogP contribution >= 0.6 is 0 Å². The van der Waals surface area contributed by atoms with Crippen LogP contribution in [0, 0.1) is 0 Å². The maximum atomic E-state index is 11.3. The molecular weight excluding hydrogens is 247 g/mol. The van der Waals surface area contributed by atoms with Crippen molar-refractivity contribution in [1.82, 2.24) is 0 Å². The molecule has 0 N–H and O–H groups in total. The summed E-state index contributed by atoms with van der Waals surface area (Å²) >= 11 is -2.33. The Kier molecular flexibility index (Phi) is 3.79. The van der Waals surface area contributed by atoms with Crippen molar-refractivity contribution in [3.8, 4) is 11.5 Å². The number of benzene rings is 1. The standard InChI is InChI=1S/C12H14O4S.Li/c1-15-9-4-3-8-10(11(9)17(13)14)16-7-12(8)5-2-6-12;/h3-4H,2,5-7H2,1H3,(H,13,14);/q;+1/p-1. The predicted molar refractivity (Wildman–Crippen MR) is 61.2 cm³/mol. The van der Waals surface area contributed by atoms with Crippen LogP contribution in [0.2, 0.25) is 0 Å². The van der Waals surface area contributed by atoms with E-state index in [1.165, 1.54) is 13.5 Å². The molecular formula is C12H13LiO4S. The van der Waals surface area contributed by atoms with Gasteiger partial charge in [0, 0.05) is 11.0 Å². The minimum Gasteiger partial charge on any atom is -0.768 e. The second-order valence-electron chi connectivity index (χ2n) is 4.63. The zero-order valence-corrected chi connectivity index (χ0v) is 11.3. The first-order valence-corrected chi connectivity index (χ1v) is 6.69. The normalized spacial score (nSPS) is 20.3. The molecule has 1 aromatic carbocycles. The van der Waals surface area contributed by atoms with Crippen LogP contribution in [0.15, 0.2) is 17.0 Å². The smallest absolute Gasteiger partial charge is 0.768 e. The molecule has 18 heavy (non-hydrogen) atoms. The van der Waals surface area contributed by atoms with Gasteiger partial charge in [0.25, 0.3) is 0 Å². The van der Waals surface area contributed by atoms with E-state index in [9.17, 15) is 8.76 Å².